The highest BCUT2D eigenvalue weighted by molar-refractivity contribution is 6.00. The zero-order valence-corrected chi connectivity index (χ0v) is 16.2. The number of carbonyl (C=O) groups is 3. The lowest BCUT2D eigenvalue weighted by atomic mass is 9.87. The van der Waals surface area contributed by atoms with Gasteiger partial charge in [-0.15, -0.1) is 0 Å². The van der Waals surface area contributed by atoms with E-state index < -0.39 is 6.03 Å². The van der Waals surface area contributed by atoms with Crippen molar-refractivity contribution in [1.82, 2.24) is 30.1 Å². The number of hydrogen-bond acceptors (Lipinski definition) is 5. The second-order valence-corrected chi connectivity index (χ2v) is 7.85. The van der Waals surface area contributed by atoms with Crippen LogP contribution >= 0.6 is 0 Å². The quantitative estimate of drug-likeness (QED) is 0.671. The van der Waals surface area contributed by atoms with Crippen molar-refractivity contribution >= 4 is 23.5 Å². The summed E-state index contributed by atoms with van der Waals surface area (Å²) in [6.07, 6.45) is 3.27. The van der Waals surface area contributed by atoms with E-state index in [1.54, 1.807) is 30.2 Å². The molecule has 3 heterocycles. The molecule has 10 nitrogen and oxygen atoms in total. The third-order valence-corrected chi connectivity index (χ3v) is 5.02. The summed E-state index contributed by atoms with van der Waals surface area (Å²) in [7, 11) is 0. The minimum atomic E-state index is -0.658. The Morgan fingerprint density at radius 1 is 1.39 bits per heavy atom. The lowest BCUT2D eigenvalue weighted by molar-refractivity contribution is -0.130. The van der Waals surface area contributed by atoms with E-state index in [-0.39, 0.29) is 35.7 Å². The van der Waals surface area contributed by atoms with E-state index in [2.05, 4.69) is 20.7 Å². The summed E-state index contributed by atoms with van der Waals surface area (Å²) >= 11 is 0. The monoisotopic (exact) mass is 387 g/mol. The average molecular weight is 387 g/mol. The fraction of sp³-hybridized carbons (Fsp3) is 0.500. The molecule has 2 aromatic rings. The molecule has 2 atom stereocenters. The Kier molecular flexibility index (Phi) is 5.21. The van der Waals surface area contributed by atoms with Gasteiger partial charge in [-0.2, -0.15) is 5.10 Å². The van der Waals surface area contributed by atoms with Gasteiger partial charge in [-0.25, -0.2) is 14.3 Å². The Balaban J connectivity index is 1.67. The van der Waals surface area contributed by atoms with E-state index in [0.29, 0.717) is 24.3 Å². The maximum atomic E-state index is 12.8. The van der Waals surface area contributed by atoms with Crippen LogP contribution in [0.2, 0.25) is 0 Å². The molecule has 4 amide bonds. The number of primary amides is 1. The zero-order chi connectivity index (χ0) is 20.5. The smallest absolute Gasteiger partial charge is 0.312 e. The van der Waals surface area contributed by atoms with Crippen molar-refractivity contribution in [3.63, 3.8) is 0 Å². The molecule has 1 saturated heterocycles. The molecule has 10 heteroatoms. The number of hydrogen-bond donors (Lipinski definition) is 3. The van der Waals surface area contributed by atoms with Gasteiger partial charge in [0.15, 0.2) is 5.65 Å². The number of nitrogens with zero attached hydrogens (tertiary/aromatic N) is 4. The number of aromatic nitrogens is 3. The highest BCUT2D eigenvalue weighted by Crippen LogP contribution is 2.30. The second-order valence-electron chi connectivity index (χ2n) is 7.85. The van der Waals surface area contributed by atoms with Crippen molar-refractivity contribution in [2.75, 3.05) is 13.1 Å². The van der Waals surface area contributed by atoms with Crippen LogP contribution in [-0.2, 0) is 4.79 Å². The fourth-order valence-corrected chi connectivity index (χ4v) is 3.51. The predicted octanol–water partition coefficient (Wildman–Crippen LogP) is 0.143. The van der Waals surface area contributed by atoms with Crippen molar-refractivity contribution in [1.29, 1.82) is 0 Å². The number of rotatable bonds is 5. The molecule has 0 bridgehead atoms. The van der Waals surface area contributed by atoms with Crippen molar-refractivity contribution in [2.24, 2.45) is 11.1 Å². The molecule has 2 unspecified atom stereocenters. The normalized spacial score (nSPS) is 19.4. The third-order valence-electron chi connectivity index (χ3n) is 5.02. The van der Waals surface area contributed by atoms with E-state index in [1.807, 2.05) is 13.8 Å². The van der Waals surface area contributed by atoms with Crippen LogP contribution in [-0.4, -0.2) is 62.5 Å². The van der Waals surface area contributed by atoms with Gasteiger partial charge in [-0.1, -0.05) is 13.8 Å². The standard InChI is InChI=1S/C18H25N7O3/c1-11(22-17(19)28)7-14(26)24-8-13(18(2,3)9-24)23-16(27)12-5-4-6-25-15(12)20-10-21-25/h4-6,10-11,13H,7-9H2,1-3H3,(H,23,27)(H3,19,22,28). The van der Waals surface area contributed by atoms with Crippen LogP contribution < -0.4 is 16.4 Å². The maximum absolute atomic E-state index is 12.8. The van der Waals surface area contributed by atoms with Crippen LogP contribution in [0.4, 0.5) is 4.79 Å². The van der Waals surface area contributed by atoms with Gasteiger partial charge in [-0.3, -0.25) is 9.59 Å². The summed E-state index contributed by atoms with van der Waals surface area (Å²) in [4.78, 5) is 42.2. The number of nitrogens with one attached hydrogen (secondary N) is 2. The van der Waals surface area contributed by atoms with E-state index >= 15 is 0 Å². The fourth-order valence-electron chi connectivity index (χ4n) is 3.51. The topological polar surface area (TPSA) is 135 Å². The Morgan fingerprint density at radius 2 is 2.14 bits per heavy atom. The minimum Gasteiger partial charge on any atom is -0.352 e. The highest BCUT2D eigenvalue weighted by atomic mass is 16.2. The molecule has 28 heavy (non-hydrogen) atoms. The molecule has 4 N–H and O–H groups in total. The number of urea groups is 1. The molecule has 0 aliphatic carbocycles. The molecule has 150 valence electrons. The Hall–Kier alpha value is -3.17. The molecule has 0 radical (unpaired) electrons. The predicted molar refractivity (Wildman–Crippen MR) is 101 cm³/mol. The van der Waals surface area contributed by atoms with Crippen molar-refractivity contribution in [3.8, 4) is 0 Å². The minimum absolute atomic E-state index is 0.0920. The second kappa shape index (κ2) is 7.45. The van der Waals surface area contributed by atoms with Crippen LogP contribution in [0, 0.1) is 5.41 Å². The molecule has 1 fully saturated rings. The lowest BCUT2D eigenvalue weighted by Gasteiger charge is -2.26. The number of pyridine rings is 1. The first kappa shape index (κ1) is 19.6. The van der Waals surface area contributed by atoms with Crippen LogP contribution in [0.3, 0.4) is 0 Å². The third kappa shape index (κ3) is 4.05. The van der Waals surface area contributed by atoms with Gasteiger partial charge < -0.3 is 21.3 Å². The lowest BCUT2D eigenvalue weighted by Crippen LogP contribution is -2.44. The molecule has 0 aromatic carbocycles. The van der Waals surface area contributed by atoms with E-state index in [9.17, 15) is 14.4 Å². The summed E-state index contributed by atoms with van der Waals surface area (Å²) < 4.78 is 1.54. The van der Waals surface area contributed by atoms with Crippen molar-refractivity contribution < 1.29 is 14.4 Å². The Labute approximate surface area is 162 Å². The SMILES string of the molecule is CC(CC(=O)N1CC(NC(=O)c2cccn3ncnc23)C(C)(C)C1)NC(N)=O. The largest absolute Gasteiger partial charge is 0.352 e. The highest BCUT2D eigenvalue weighted by Gasteiger charge is 2.42. The molecule has 2 aromatic heterocycles. The zero-order valence-electron chi connectivity index (χ0n) is 16.2. The molecular weight excluding hydrogens is 362 g/mol. The van der Waals surface area contributed by atoms with Crippen LogP contribution in [0.15, 0.2) is 24.7 Å². The van der Waals surface area contributed by atoms with Gasteiger partial charge in [0, 0.05) is 37.2 Å². The molecular formula is C18H25N7O3. The summed E-state index contributed by atoms with van der Waals surface area (Å²) in [6.45, 7) is 6.65. The van der Waals surface area contributed by atoms with Gasteiger partial charge in [0.05, 0.1) is 11.6 Å². The van der Waals surface area contributed by atoms with Crippen LogP contribution in [0.5, 0.6) is 0 Å². The van der Waals surface area contributed by atoms with Gasteiger partial charge >= 0.3 is 6.03 Å². The molecule has 1 aliphatic rings. The summed E-state index contributed by atoms with van der Waals surface area (Å²) in [5.74, 6) is -0.347. The first-order valence-electron chi connectivity index (χ1n) is 9.10. The summed E-state index contributed by atoms with van der Waals surface area (Å²) in [6, 6.07) is 2.20. The number of likely N-dealkylation sites (tertiary alicyclic amines) is 1. The molecule has 0 spiro atoms. The van der Waals surface area contributed by atoms with Gasteiger partial charge in [0.2, 0.25) is 5.91 Å². The number of amides is 4. The number of nitrogens with two attached hydrogens (primary N) is 1. The average Bonchev–Trinajstić information content (AvgIpc) is 3.18. The summed E-state index contributed by atoms with van der Waals surface area (Å²) in [5.41, 5.74) is 5.71. The van der Waals surface area contributed by atoms with Crippen molar-refractivity contribution in [2.45, 2.75) is 39.3 Å². The molecule has 3 rings (SSSR count). The van der Waals surface area contributed by atoms with E-state index in [0.717, 1.165) is 0 Å². The van der Waals surface area contributed by atoms with Crippen LogP contribution in [0.1, 0.15) is 37.6 Å². The van der Waals surface area contributed by atoms with E-state index in [1.165, 1.54) is 10.8 Å². The summed E-state index contributed by atoms with van der Waals surface area (Å²) in [5, 5.41) is 9.58. The first-order chi connectivity index (χ1) is 13.2. The van der Waals surface area contributed by atoms with Gasteiger partial charge in [0.25, 0.3) is 5.91 Å². The van der Waals surface area contributed by atoms with Crippen LogP contribution in [0.25, 0.3) is 5.65 Å². The Bertz CT molecular complexity index is 907. The molecule has 0 saturated carbocycles. The maximum Gasteiger partial charge on any atom is 0.312 e. The molecule has 1 aliphatic heterocycles. The van der Waals surface area contributed by atoms with Crippen molar-refractivity contribution in [3.05, 3.63) is 30.2 Å². The number of carbonyl (C=O) groups excluding carboxylic acids is 3. The van der Waals surface area contributed by atoms with Gasteiger partial charge in [-0.05, 0) is 19.1 Å². The number of fused-ring (bicyclic) bond motifs is 1. The van der Waals surface area contributed by atoms with E-state index in [4.69, 9.17) is 5.73 Å². The first-order valence-corrected chi connectivity index (χ1v) is 9.10. The van der Waals surface area contributed by atoms with Gasteiger partial charge in [0.1, 0.15) is 6.33 Å². The Morgan fingerprint density at radius 3 is 2.86 bits per heavy atom.